The standard InChI is InChI=1S/C6H13O2P/c1-5(2)6(7)9(3,4)8/h5H,1-4H3. The first-order valence-electron chi connectivity index (χ1n) is 2.95. The summed E-state index contributed by atoms with van der Waals surface area (Å²) >= 11 is 0. The molecule has 0 bridgehead atoms. The maximum atomic E-state index is 11.0. The Balaban J connectivity index is 4.24. The molecule has 0 aromatic heterocycles. The lowest BCUT2D eigenvalue weighted by Gasteiger charge is -2.06. The van der Waals surface area contributed by atoms with Crippen molar-refractivity contribution in [3.63, 3.8) is 0 Å². The first-order chi connectivity index (χ1) is 3.85. The van der Waals surface area contributed by atoms with Gasteiger partial charge in [-0.25, -0.2) is 0 Å². The molecule has 0 amide bonds. The van der Waals surface area contributed by atoms with Crippen molar-refractivity contribution in [2.75, 3.05) is 13.3 Å². The Morgan fingerprint density at radius 2 is 1.67 bits per heavy atom. The van der Waals surface area contributed by atoms with Crippen LogP contribution in [0, 0.1) is 5.92 Å². The monoisotopic (exact) mass is 148 g/mol. The lowest BCUT2D eigenvalue weighted by atomic mass is 10.3. The van der Waals surface area contributed by atoms with E-state index in [4.69, 9.17) is 0 Å². The Hall–Kier alpha value is -0.100. The van der Waals surface area contributed by atoms with E-state index in [-0.39, 0.29) is 11.4 Å². The topological polar surface area (TPSA) is 34.1 Å². The number of hydrogen-bond donors (Lipinski definition) is 0. The molecule has 0 N–H and O–H groups in total. The average Bonchev–Trinajstić information content (AvgIpc) is 1.62. The third kappa shape index (κ3) is 2.81. The van der Waals surface area contributed by atoms with Gasteiger partial charge >= 0.3 is 0 Å². The van der Waals surface area contributed by atoms with Gasteiger partial charge in [0.1, 0.15) is 7.14 Å². The van der Waals surface area contributed by atoms with Crippen LogP contribution in [0.2, 0.25) is 0 Å². The molecule has 0 aliphatic carbocycles. The largest absolute Gasteiger partial charge is 0.316 e. The summed E-state index contributed by atoms with van der Waals surface area (Å²) < 4.78 is 11.0. The molecule has 0 heterocycles. The summed E-state index contributed by atoms with van der Waals surface area (Å²) in [4.78, 5) is 10.9. The molecule has 2 nitrogen and oxygen atoms in total. The van der Waals surface area contributed by atoms with Gasteiger partial charge < -0.3 is 4.57 Å². The molecule has 0 fully saturated rings. The van der Waals surface area contributed by atoms with Crippen LogP contribution in [0.25, 0.3) is 0 Å². The summed E-state index contributed by atoms with van der Waals surface area (Å²) in [6.45, 7) is 6.55. The van der Waals surface area contributed by atoms with Crippen molar-refractivity contribution < 1.29 is 9.36 Å². The Morgan fingerprint density at radius 3 is 1.67 bits per heavy atom. The van der Waals surface area contributed by atoms with Gasteiger partial charge in [-0.3, -0.25) is 4.79 Å². The van der Waals surface area contributed by atoms with Crippen molar-refractivity contribution in [1.29, 1.82) is 0 Å². The van der Waals surface area contributed by atoms with Gasteiger partial charge in [0, 0.05) is 5.92 Å². The highest BCUT2D eigenvalue weighted by Gasteiger charge is 2.21. The third-order valence-electron chi connectivity index (χ3n) is 1.02. The normalized spacial score (nSPS) is 12.1. The minimum absolute atomic E-state index is 0.0918. The van der Waals surface area contributed by atoms with E-state index in [1.807, 2.05) is 0 Å². The van der Waals surface area contributed by atoms with Crippen LogP contribution in [0.15, 0.2) is 0 Å². The Morgan fingerprint density at radius 1 is 1.33 bits per heavy atom. The molecule has 0 radical (unpaired) electrons. The van der Waals surface area contributed by atoms with Crippen LogP contribution < -0.4 is 0 Å². The molecular weight excluding hydrogens is 135 g/mol. The molecule has 0 aliphatic heterocycles. The quantitative estimate of drug-likeness (QED) is 0.559. The van der Waals surface area contributed by atoms with Gasteiger partial charge in [0.25, 0.3) is 0 Å². The fourth-order valence-electron chi connectivity index (χ4n) is 0.622. The first-order valence-corrected chi connectivity index (χ1v) is 5.55. The molecule has 54 valence electrons. The molecule has 0 saturated heterocycles. The van der Waals surface area contributed by atoms with E-state index in [0.29, 0.717) is 0 Å². The van der Waals surface area contributed by atoms with Crippen molar-refractivity contribution in [2.45, 2.75) is 13.8 Å². The zero-order valence-corrected chi connectivity index (χ0v) is 7.24. The lowest BCUT2D eigenvalue weighted by Crippen LogP contribution is -2.05. The second kappa shape index (κ2) is 2.66. The van der Waals surface area contributed by atoms with Crippen LogP contribution in [-0.4, -0.2) is 18.9 Å². The fourth-order valence-corrected chi connectivity index (χ4v) is 1.87. The highest BCUT2D eigenvalue weighted by atomic mass is 31.2. The second-order valence-corrected chi connectivity index (χ2v) is 5.99. The smallest absolute Gasteiger partial charge is 0.193 e. The highest BCUT2D eigenvalue weighted by molar-refractivity contribution is 7.79. The summed E-state index contributed by atoms with van der Waals surface area (Å²) in [7, 11) is -2.45. The van der Waals surface area contributed by atoms with Crippen molar-refractivity contribution >= 4 is 12.7 Å². The van der Waals surface area contributed by atoms with E-state index in [0.717, 1.165) is 0 Å². The maximum Gasteiger partial charge on any atom is 0.193 e. The van der Waals surface area contributed by atoms with Gasteiger partial charge in [-0.1, -0.05) is 13.8 Å². The third-order valence-corrected chi connectivity index (χ3v) is 2.60. The van der Waals surface area contributed by atoms with Crippen LogP contribution in [0.3, 0.4) is 0 Å². The van der Waals surface area contributed by atoms with Gasteiger partial charge in [0.15, 0.2) is 5.52 Å². The summed E-state index contributed by atoms with van der Waals surface area (Å²) in [6, 6.07) is 0. The first kappa shape index (κ1) is 8.90. The minimum atomic E-state index is -2.45. The second-order valence-electron chi connectivity index (χ2n) is 2.84. The van der Waals surface area contributed by atoms with Crippen molar-refractivity contribution in [1.82, 2.24) is 0 Å². The van der Waals surface area contributed by atoms with Gasteiger partial charge in [-0.2, -0.15) is 0 Å². The Labute approximate surface area is 56.0 Å². The molecule has 0 spiro atoms. The molecular formula is C6H13O2P. The molecule has 0 atom stereocenters. The SMILES string of the molecule is CC(C)C(=O)P(C)(C)=O. The predicted molar refractivity (Wildman–Crippen MR) is 39.3 cm³/mol. The lowest BCUT2D eigenvalue weighted by molar-refractivity contribution is -0.114. The number of carbonyl (C=O) groups is 1. The molecule has 0 saturated carbocycles. The van der Waals surface area contributed by atoms with E-state index >= 15 is 0 Å². The molecule has 0 aromatic rings. The fraction of sp³-hybridized carbons (Fsp3) is 0.833. The molecule has 9 heavy (non-hydrogen) atoms. The summed E-state index contributed by atoms with van der Waals surface area (Å²) in [5, 5.41) is 0. The molecule has 0 rings (SSSR count). The number of rotatable bonds is 2. The van der Waals surface area contributed by atoms with Gasteiger partial charge in [-0.15, -0.1) is 0 Å². The van der Waals surface area contributed by atoms with E-state index in [1.165, 1.54) is 13.3 Å². The predicted octanol–water partition coefficient (Wildman–Crippen LogP) is 1.79. The summed E-state index contributed by atoms with van der Waals surface area (Å²) in [5.41, 5.74) is -0.109. The van der Waals surface area contributed by atoms with E-state index < -0.39 is 7.14 Å². The van der Waals surface area contributed by atoms with Gasteiger partial charge in [0.05, 0.1) is 0 Å². The van der Waals surface area contributed by atoms with Gasteiger partial charge in [0.2, 0.25) is 0 Å². The zero-order chi connectivity index (χ0) is 7.65. The Kier molecular flexibility index (Phi) is 2.63. The zero-order valence-electron chi connectivity index (χ0n) is 6.34. The Bertz CT molecular complexity index is 154. The van der Waals surface area contributed by atoms with Gasteiger partial charge in [-0.05, 0) is 13.3 Å². The summed E-state index contributed by atoms with van der Waals surface area (Å²) in [5.74, 6) is -0.0918. The summed E-state index contributed by atoms with van der Waals surface area (Å²) in [6.07, 6.45) is 0. The van der Waals surface area contributed by atoms with Crippen molar-refractivity contribution in [2.24, 2.45) is 5.92 Å². The maximum absolute atomic E-state index is 11.0. The molecule has 0 aliphatic rings. The van der Waals surface area contributed by atoms with Crippen LogP contribution in [-0.2, 0) is 9.36 Å². The number of hydrogen-bond acceptors (Lipinski definition) is 2. The van der Waals surface area contributed by atoms with Crippen molar-refractivity contribution in [3.05, 3.63) is 0 Å². The molecule has 0 aromatic carbocycles. The van der Waals surface area contributed by atoms with Crippen LogP contribution in [0.5, 0.6) is 0 Å². The molecule has 0 unspecified atom stereocenters. The highest BCUT2D eigenvalue weighted by Crippen LogP contribution is 2.39. The van der Waals surface area contributed by atoms with Crippen molar-refractivity contribution in [3.8, 4) is 0 Å². The van der Waals surface area contributed by atoms with Crippen LogP contribution >= 0.6 is 7.14 Å². The van der Waals surface area contributed by atoms with E-state index in [2.05, 4.69) is 0 Å². The van der Waals surface area contributed by atoms with Crippen LogP contribution in [0.4, 0.5) is 0 Å². The van der Waals surface area contributed by atoms with E-state index in [1.54, 1.807) is 13.8 Å². The van der Waals surface area contributed by atoms with E-state index in [9.17, 15) is 9.36 Å². The minimum Gasteiger partial charge on any atom is -0.316 e. The average molecular weight is 148 g/mol. The number of carbonyl (C=O) groups excluding carboxylic acids is 1. The molecule has 3 heteroatoms. The van der Waals surface area contributed by atoms with Crippen LogP contribution in [0.1, 0.15) is 13.8 Å².